The van der Waals surface area contributed by atoms with Gasteiger partial charge >= 0.3 is 6.03 Å². The number of amides is 2. The summed E-state index contributed by atoms with van der Waals surface area (Å²) < 4.78 is 5.12. The van der Waals surface area contributed by atoms with E-state index in [-0.39, 0.29) is 6.03 Å². The zero-order chi connectivity index (χ0) is 15.1. The Hall–Kier alpha value is -1.11. The number of thiophene rings is 1. The van der Waals surface area contributed by atoms with Gasteiger partial charge in [-0.3, -0.25) is 4.90 Å². The van der Waals surface area contributed by atoms with Gasteiger partial charge in [0.15, 0.2) is 0 Å². The van der Waals surface area contributed by atoms with E-state index in [1.165, 1.54) is 10.4 Å². The van der Waals surface area contributed by atoms with Gasteiger partial charge in [-0.1, -0.05) is 0 Å². The average Bonchev–Trinajstić information content (AvgIpc) is 2.75. The van der Waals surface area contributed by atoms with Crippen molar-refractivity contribution in [1.29, 1.82) is 0 Å². The van der Waals surface area contributed by atoms with Crippen LogP contribution in [0.2, 0.25) is 0 Å². The standard InChI is InChI=1S/C15H25N3O2S/c1-13-4-11-21-14(13)12-16-15(19)18-6-3-5-17(7-8-18)9-10-20-2/h4,11H,3,5-10,12H2,1-2H3,(H,16,19). The fourth-order valence-electron chi connectivity index (χ4n) is 2.47. The average molecular weight is 311 g/mol. The lowest BCUT2D eigenvalue weighted by Gasteiger charge is -2.22. The first-order valence-corrected chi connectivity index (χ1v) is 8.35. The second-order valence-corrected chi connectivity index (χ2v) is 6.36. The number of rotatable bonds is 5. The van der Waals surface area contributed by atoms with Crippen LogP contribution < -0.4 is 5.32 Å². The van der Waals surface area contributed by atoms with Gasteiger partial charge in [0.05, 0.1) is 13.2 Å². The monoisotopic (exact) mass is 311 g/mol. The van der Waals surface area contributed by atoms with E-state index < -0.39 is 0 Å². The van der Waals surface area contributed by atoms with Crippen LogP contribution in [-0.2, 0) is 11.3 Å². The van der Waals surface area contributed by atoms with E-state index in [1.54, 1.807) is 18.4 Å². The number of carbonyl (C=O) groups excluding carboxylic acids is 1. The molecule has 1 fully saturated rings. The molecule has 2 amide bonds. The molecule has 2 rings (SSSR count). The number of methoxy groups -OCH3 is 1. The highest BCUT2D eigenvalue weighted by Gasteiger charge is 2.18. The summed E-state index contributed by atoms with van der Waals surface area (Å²) in [5.74, 6) is 0. The Balaban J connectivity index is 1.76. The second kappa shape index (κ2) is 8.36. The van der Waals surface area contributed by atoms with Gasteiger partial charge in [0.2, 0.25) is 0 Å². The number of hydrogen-bond acceptors (Lipinski definition) is 4. The molecule has 0 radical (unpaired) electrons. The maximum absolute atomic E-state index is 12.3. The Morgan fingerprint density at radius 1 is 1.38 bits per heavy atom. The number of nitrogens with one attached hydrogen (secondary N) is 1. The molecule has 0 aromatic carbocycles. The molecule has 0 aliphatic carbocycles. The summed E-state index contributed by atoms with van der Waals surface area (Å²) in [6.45, 7) is 8.00. The van der Waals surface area contributed by atoms with Crippen LogP contribution in [0.3, 0.4) is 0 Å². The summed E-state index contributed by atoms with van der Waals surface area (Å²) in [5, 5.41) is 5.10. The first-order valence-electron chi connectivity index (χ1n) is 7.47. The van der Waals surface area contributed by atoms with E-state index in [9.17, 15) is 4.79 Å². The molecule has 118 valence electrons. The Kier molecular flexibility index (Phi) is 6.48. The van der Waals surface area contributed by atoms with Gasteiger partial charge in [0.1, 0.15) is 0 Å². The fraction of sp³-hybridized carbons (Fsp3) is 0.667. The van der Waals surface area contributed by atoms with Crippen molar-refractivity contribution in [1.82, 2.24) is 15.1 Å². The third-order valence-electron chi connectivity index (χ3n) is 3.86. The molecule has 1 aliphatic heterocycles. The quantitative estimate of drug-likeness (QED) is 0.903. The van der Waals surface area contributed by atoms with Crippen molar-refractivity contribution in [2.75, 3.05) is 46.4 Å². The fourth-order valence-corrected chi connectivity index (χ4v) is 3.32. The summed E-state index contributed by atoms with van der Waals surface area (Å²) in [6.07, 6.45) is 1.02. The van der Waals surface area contributed by atoms with Crippen LogP contribution in [0.5, 0.6) is 0 Å². The summed E-state index contributed by atoms with van der Waals surface area (Å²) >= 11 is 1.70. The van der Waals surface area contributed by atoms with E-state index in [4.69, 9.17) is 4.74 Å². The molecule has 21 heavy (non-hydrogen) atoms. The van der Waals surface area contributed by atoms with Gasteiger partial charge in [0, 0.05) is 38.2 Å². The van der Waals surface area contributed by atoms with Crippen molar-refractivity contribution < 1.29 is 9.53 Å². The Morgan fingerprint density at radius 3 is 2.95 bits per heavy atom. The van der Waals surface area contributed by atoms with Crippen molar-refractivity contribution in [2.24, 2.45) is 0 Å². The summed E-state index contributed by atoms with van der Waals surface area (Å²) in [5.41, 5.74) is 1.25. The van der Waals surface area contributed by atoms with Crippen LogP contribution in [0.1, 0.15) is 16.9 Å². The Bertz CT molecular complexity index is 450. The molecule has 0 unspecified atom stereocenters. The highest BCUT2D eigenvalue weighted by atomic mass is 32.1. The normalized spacial score (nSPS) is 16.8. The van der Waals surface area contributed by atoms with Crippen molar-refractivity contribution in [3.8, 4) is 0 Å². The van der Waals surface area contributed by atoms with Crippen LogP contribution in [0.25, 0.3) is 0 Å². The molecule has 1 aliphatic rings. The second-order valence-electron chi connectivity index (χ2n) is 5.36. The predicted molar refractivity (Wildman–Crippen MR) is 85.8 cm³/mol. The van der Waals surface area contributed by atoms with Gasteiger partial charge in [-0.05, 0) is 36.9 Å². The number of nitrogens with zero attached hydrogens (tertiary/aromatic N) is 2. The molecule has 5 nitrogen and oxygen atoms in total. The van der Waals surface area contributed by atoms with Crippen molar-refractivity contribution in [3.63, 3.8) is 0 Å². The first-order chi connectivity index (χ1) is 10.2. The van der Waals surface area contributed by atoms with E-state index in [0.717, 1.165) is 45.8 Å². The molecule has 0 saturated carbocycles. The zero-order valence-corrected chi connectivity index (χ0v) is 13.7. The van der Waals surface area contributed by atoms with Crippen LogP contribution >= 0.6 is 11.3 Å². The minimum Gasteiger partial charge on any atom is -0.383 e. The molecular weight excluding hydrogens is 286 g/mol. The lowest BCUT2D eigenvalue weighted by molar-refractivity contribution is 0.149. The first kappa shape index (κ1) is 16.3. The van der Waals surface area contributed by atoms with Crippen molar-refractivity contribution >= 4 is 17.4 Å². The topological polar surface area (TPSA) is 44.8 Å². The minimum absolute atomic E-state index is 0.0522. The highest BCUT2D eigenvalue weighted by Crippen LogP contribution is 2.15. The molecule has 2 heterocycles. The number of ether oxygens (including phenoxy) is 1. The highest BCUT2D eigenvalue weighted by molar-refractivity contribution is 7.10. The summed E-state index contributed by atoms with van der Waals surface area (Å²) in [6, 6.07) is 2.14. The molecule has 1 aromatic heterocycles. The Labute approximate surface area is 130 Å². The van der Waals surface area contributed by atoms with Gasteiger partial charge in [0.25, 0.3) is 0 Å². The lowest BCUT2D eigenvalue weighted by Crippen LogP contribution is -2.41. The zero-order valence-electron chi connectivity index (χ0n) is 12.9. The van der Waals surface area contributed by atoms with Gasteiger partial charge in [-0.2, -0.15) is 0 Å². The lowest BCUT2D eigenvalue weighted by atomic mass is 10.3. The van der Waals surface area contributed by atoms with Crippen LogP contribution in [0.4, 0.5) is 4.79 Å². The van der Waals surface area contributed by atoms with Crippen LogP contribution in [0, 0.1) is 6.92 Å². The third-order valence-corrected chi connectivity index (χ3v) is 4.88. The molecule has 1 aromatic rings. The summed E-state index contributed by atoms with van der Waals surface area (Å²) in [7, 11) is 1.73. The number of hydrogen-bond donors (Lipinski definition) is 1. The van der Waals surface area contributed by atoms with E-state index in [0.29, 0.717) is 6.54 Å². The molecule has 0 spiro atoms. The predicted octanol–water partition coefficient (Wildman–Crippen LogP) is 1.92. The summed E-state index contributed by atoms with van der Waals surface area (Å²) in [4.78, 5) is 17.8. The number of urea groups is 1. The smallest absolute Gasteiger partial charge is 0.317 e. The van der Waals surface area contributed by atoms with Gasteiger partial charge in [-0.25, -0.2) is 4.79 Å². The van der Waals surface area contributed by atoms with Gasteiger partial charge < -0.3 is 15.0 Å². The Morgan fingerprint density at radius 2 is 2.24 bits per heavy atom. The molecule has 0 bridgehead atoms. The maximum atomic E-state index is 12.3. The van der Waals surface area contributed by atoms with Gasteiger partial charge in [-0.15, -0.1) is 11.3 Å². The maximum Gasteiger partial charge on any atom is 0.317 e. The minimum atomic E-state index is 0.0522. The van der Waals surface area contributed by atoms with E-state index in [1.807, 2.05) is 4.90 Å². The number of carbonyl (C=O) groups is 1. The van der Waals surface area contributed by atoms with Crippen LogP contribution in [-0.4, -0.2) is 62.3 Å². The van der Waals surface area contributed by atoms with Crippen LogP contribution in [0.15, 0.2) is 11.4 Å². The number of aryl methyl sites for hydroxylation is 1. The van der Waals surface area contributed by atoms with E-state index in [2.05, 4.69) is 28.6 Å². The van der Waals surface area contributed by atoms with Crippen molar-refractivity contribution in [2.45, 2.75) is 19.9 Å². The molecule has 1 saturated heterocycles. The molecular formula is C15H25N3O2S. The third kappa shape index (κ3) is 4.98. The molecule has 0 atom stereocenters. The molecule has 6 heteroatoms. The largest absolute Gasteiger partial charge is 0.383 e. The van der Waals surface area contributed by atoms with E-state index >= 15 is 0 Å². The van der Waals surface area contributed by atoms with Crippen molar-refractivity contribution in [3.05, 3.63) is 21.9 Å². The molecule has 1 N–H and O–H groups in total. The SMILES string of the molecule is COCCN1CCCN(C(=O)NCc2sccc2C)CC1.